The predicted octanol–water partition coefficient (Wildman–Crippen LogP) is 2.30. The number of hydrogen-bond donors (Lipinski definition) is 0. The van der Waals surface area contributed by atoms with E-state index in [1.165, 1.54) is 11.3 Å². The van der Waals surface area contributed by atoms with Crippen LogP contribution in [0, 0.1) is 5.92 Å². The number of ketones is 2. The highest BCUT2D eigenvalue weighted by molar-refractivity contribution is 7.12. The maximum atomic E-state index is 11.7. The number of carbonyl (C=O) groups excluding carboxylic acids is 2. The van der Waals surface area contributed by atoms with Crippen molar-refractivity contribution in [3.8, 4) is 0 Å². The van der Waals surface area contributed by atoms with Gasteiger partial charge in [0.05, 0.1) is 4.88 Å². The van der Waals surface area contributed by atoms with Crippen molar-refractivity contribution in [3.05, 3.63) is 22.4 Å². The maximum absolute atomic E-state index is 11.7. The van der Waals surface area contributed by atoms with Crippen LogP contribution in [0.5, 0.6) is 0 Å². The molecule has 1 fully saturated rings. The van der Waals surface area contributed by atoms with Gasteiger partial charge in [0.2, 0.25) is 0 Å². The summed E-state index contributed by atoms with van der Waals surface area (Å²) in [5.74, 6) is 0.349. The van der Waals surface area contributed by atoms with Gasteiger partial charge in [-0.05, 0) is 17.9 Å². The van der Waals surface area contributed by atoms with Crippen molar-refractivity contribution < 1.29 is 9.59 Å². The molecule has 0 radical (unpaired) electrons. The van der Waals surface area contributed by atoms with Gasteiger partial charge in [-0.25, -0.2) is 0 Å². The highest BCUT2D eigenvalue weighted by Gasteiger charge is 2.29. The molecule has 3 heteroatoms. The number of rotatable bonds is 2. The van der Waals surface area contributed by atoms with Crippen molar-refractivity contribution in [2.24, 2.45) is 5.92 Å². The molecular weight excluding hydrogens is 184 g/mol. The Morgan fingerprint density at radius 3 is 2.92 bits per heavy atom. The van der Waals surface area contributed by atoms with Crippen molar-refractivity contribution in [1.29, 1.82) is 0 Å². The first-order valence-corrected chi connectivity index (χ1v) is 5.25. The van der Waals surface area contributed by atoms with E-state index in [0.29, 0.717) is 12.8 Å². The highest BCUT2D eigenvalue weighted by Crippen LogP contribution is 2.27. The van der Waals surface area contributed by atoms with Gasteiger partial charge in [0, 0.05) is 18.8 Å². The van der Waals surface area contributed by atoms with E-state index >= 15 is 0 Å². The second kappa shape index (κ2) is 3.42. The van der Waals surface area contributed by atoms with Crippen molar-refractivity contribution >= 4 is 22.9 Å². The summed E-state index contributed by atoms with van der Waals surface area (Å²) in [5, 5.41) is 1.89. The molecule has 1 unspecified atom stereocenters. The Balaban J connectivity index is 2.10. The lowest BCUT2D eigenvalue weighted by Crippen LogP contribution is -2.09. The molecule has 0 spiro atoms. The zero-order valence-electron chi connectivity index (χ0n) is 7.16. The van der Waals surface area contributed by atoms with Crippen molar-refractivity contribution in [2.45, 2.75) is 19.3 Å². The fraction of sp³-hybridized carbons (Fsp3) is 0.400. The second-order valence-corrected chi connectivity index (χ2v) is 4.27. The van der Waals surface area contributed by atoms with Gasteiger partial charge in [0.15, 0.2) is 5.78 Å². The van der Waals surface area contributed by atoms with E-state index in [-0.39, 0.29) is 17.5 Å². The van der Waals surface area contributed by atoms with Crippen LogP contribution in [0.15, 0.2) is 17.5 Å². The molecule has 68 valence electrons. The maximum Gasteiger partial charge on any atom is 0.176 e. The van der Waals surface area contributed by atoms with Crippen LogP contribution in [-0.4, -0.2) is 11.6 Å². The topological polar surface area (TPSA) is 34.1 Å². The summed E-state index contributed by atoms with van der Waals surface area (Å²) < 4.78 is 0. The molecule has 13 heavy (non-hydrogen) atoms. The zero-order chi connectivity index (χ0) is 9.26. The average molecular weight is 194 g/mol. The fourth-order valence-electron chi connectivity index (χ4n) is 1.66. The third-order valence-electron chi connectivity index (χ3n) is 2.38. The van der Waals surface area contributed by atoms with Crippen LogP contribution in [0.4, 0.5) is 0 Å². The minimum atomic E-state index is -0.0360. The molecule has 2 rings (SSSR count). The van der Waals surface area contributed by atoms with Gasteiger partial charge in [-0.2, -0.15) is 0 Å². The molecular formula is C10H10O2S. The van der Waals surface area contributed by atoms with Crippen LogP contribution in [0.1, 0.15) is 28.9 Å². The molecule has 1 saturated carbocycles. The van der Waals surface area contributed by atoms with Crippen LogP contribution < -0.4 is 0 Å². The number of thiophene rings is 1. The Morgan fingerprint density at radius 1 is 1.54 bits per heavy atom. The third kappa shape index (κ3) is 1.70. The molecule has 1 heterocycles. The van der Waals surface area contributed by atoms with Gasteiger partial charge in [0.25, 0.3) is 0 Å². The van der Waals surface area contributed by atoms with E-state index in [1.807, 2.05) is 17.5 Å². The van der Waals surface area contributed by atoms with Crippen LogP contribution in [-0.2, 0) is 4.79 Å². The largest absolute Gasteiger partial charge is 0.300 e. The molecule has 1 atom stereocenters. The lowest BCUT2D eigenvalue weighted by atomic mass is 10.0. The van der Waals surface area contributed by atoms with Crippen molar-refractivity contribution in [2.75, 3.05) is 0 Å². The standard InChI is InChI=1S/C10H10O2S/c11-8-4-3-7(6-8)10(12)9-2-1-5-13-9/h1-2,5,7H,3-4,6H2. The Bertz CT molecular complexity index is 327. The van der Waals surface area contributed by atoms with E-state index in [1.54, 1.807) is 0 Å². The van der Waals surface area contributed by atoms with E-state index < -0.39 is 0 Å². The van der Waals surface area contributed by atoms with Crippen LogP contribution in [0.2, 0.25) is 0 Å². The Kier molecular flexibility index (Phi) is 2.27. The third-order valence-corrected chi connectivity index (χ3v) is 3.26. The van der Waals surface area contributed by atoms with Crippen molar-refractivity contribution in [1.82, 2.24) is 0 Å². The van der Waals surface area contributed by atoms with Crippen LogP contribution in [0.3, 0.4) is 0 Å². The lowest BCUT2D eigenvalue weighted by molar-refractivity contribution is -0.117. The zero-order valence-corrected chi connectivity index (χ0v) is 7.97. The molecule has 0 saturated heterocycles. The molecule has 1 aromatic heterocycles. The first-order valence-electron chi connectivity index (χ1n) is 4.37. The Labute approximate surface area is 80.6 Å². The summed E-state index contributed by atoms with van der Waals surface area (Å²) in [4.78, 5) is 23.5. The summed E-state index contributed by atoms with van der Waals surface area (Å²) in [7, 11) is 0. The number of carbonyl (C=O) groups is 2. The number of Topliss-reactive ketones (excluding diaryl/α,β-unsaturated/α-hetero) is 2. The van der Waals surface area contributed by atoms with E-state index in [2.05, 4.69) is 0 Å². The van der Waals surface area contributed by atoms with Crippen LogP contribution >= 0.6 is 11.3 Å². The second-order valence-electron chi connectivity index (χ2n) is 3.32. The minimum absolute atomic E-state index is 0.0360. The first kappa shape index (κ1) is 8.63. The van der Waals surface area contributed by atoms with Gasteiger partial charge in [-0.15, -0.1) is 11.3 Å². The predicted molar refractivity (Wildman–Crippen MR) is 51.0 cm³/mol. The summed E-state index contributed by atoms with van der Waals surface area (Å²) in [5.41, 5.74) is 0. The first-order chi connectivity index (χ1) is 6.27. The molecule has 1 aliphatic carbocycles. The van der Waals surface area contributed by atoms with E-state index in [0.717, 1.165) is 11.3 Å². The Morgan fingerprint density at radius 2 is 2.38 bits per heavy atom. The van der Waals surface area contributed by atoms with Gasteiger partial charge < -0.3 is 0 Å². The Hall–Kier alpha value is -0.960. The lowest BCUT2D eigenvalue weighted by Gasteiger charge is -2.03. The van der Waals surface area contributed by atoms with Gasteiger partial charge in [-0.3, -0.25) is 9.59 Å². The smallest absolute Gasteiger partial charge is 0.176 e. The summed E-state index contributed by atoms with van der Waals surface area (Å²) in [6.45, 7) is 0. The van der Waals surface area contributed by atoms with Gasteiger partial charge >= 0.3 is 0 Å². The van der Waals surface area contributed by atoms with Crippen molar-refractivity contribution in [3.63, 3.8) is 0 Å². The molecule has 0 amide bonds. The summed E-state index contributed by atoms with van der Waals surface area (Å²) >= 11 is 1.46. The molecule has 0 aliphatic heterocycles. The fourth-order valence-corrected chi connectivity index (χ4v) is 2.40. The molecule has 1 aliphatic rings. The molecule has 2 nitrogen and oxygen atoms in total. The normalized spacial score (nSPS) is 22.2. The van der Waals surface area contributed by atoms with Gasteiger partial charge in [-0.1, -0.05) is 6.07 Å². The summed E-state index contributed by atoms with van der Waals surface area (Å²) in [6, 6.07) is 3.70. The molecule has 1 aromatic rings. The SMILES string of the molecule is O=C1CCC(C(=O)c2cccs2)C1. The van der Waals surface area contributed by atoms with Crippen LogP contribution in [0.25, 0.3) is 0 Å². The molecule has 0 N–H and O–H groups in total. The monoisotopic (exact) mass is 194 g/mol. The van der Waals surface area contributed by atoms with E-state index in [9.17, 15) is 9.59 Å². The van der Waals surface area contributed by atoms with E-state index in [4.69, 9.17) is 0 Å². The quantitative estimate of drug-likeness (QED) is 0.677. The average Bonchev–Trinajstić information content (AvgIpc) is 2.72. The summed E-state index contributed by atoms with van der Waals surface area (Å²) in [6.07, 6.45) is 1.79. The number of hydrogen-bond acceptors (Lipinski definition) is 3. The minimum Gasteiger partial charge on any atom is -0.300 e. The van der Waals surface area contributed by atoms with Gasteiger partial charge in [0.1, 0.15) is 5.78 Å². The highest BCUT2D eigenvalue weighted by atomic mass is 32.1. The molecule has 0 aromatic carbocycles. The molecule has 0 bridgehead atoms.